The first-order valence-electron chi connectivity index (χ1n) is 13.1. The lowest BCUT2D eigenvalue weighted by Gasteiger charge is -2.39. The summed E-state index contributed by atoms with van der Waals surface area (Å²) in [4.78, 5) is 5.35. The lowest BCUT2D eigenvalue weighted by Crippen LogP contribution is -2.38. The Morgan fingerprint density at radius 2 is 1.53 bits per heavy atom. The molecule has 1 aliphatic carbocycles. The topological polar surface area (TPSA) is 29.9 Å². The Balaban J connectivity index is 1.71. The Bertz CT molecular complexity index is 1680. The number of hydrogen-bond acceptors (Lipinski definition) is 2. The normalized spacial score (nSPS) is 14.3. The van der Waals surface area contributed by atoms with Crippen LogP contribution in [0.3, 0.4) is 0 Å². The Hall–Kier alpha value is -3.46. The third-order valence-corrected chi connectivity index (χ3v) is 8.72. The third-order valence-electron chi connectivity index (χ3n) is 8.72. The molecule has 3 heterocycles. The van der Waals surface area contributed by atoms with Gasteiger partial charge >= 0.3 is 0 Å². The SMILES string of the molecule is Cc1cc(-c2c(C)ccc3c2oc2nc4c(cc23)-c2ccccc2C4(C(C)C)C(C)C)[n+](C)cc1C. The molecule has 6 rings (SSSR count). The van der Waals surface area contributed by atoms with Gasteiger partial charge in [0.05, 0.1) is 11.3 Å². The zero-order chi connectivity index (χ0) is 25.5. The first-order valence-corrected chi connectivity index (χ1v) is 13.1. The van der Waals surface area contributed by atoms with Crippen molar-refractivity contribution in [1.82, 2.24) is 4.98 Å². The van der Waals surface area contributed by atoms with Crippen molar-refractivity contribution >= 4 is 22.1 Å². The lowest BCUT2D eigenvalue weighted by molar-refractivity contribution is -0.660. The number of aromatic nitrogens is 2. The standard InChI is InChI=1S/C33H35N2O/c1-18(2)33(19(3)4)27-12-10-9-11-23(27)25-16-26-24-14-13-20(5)29(30(24)36-32(26)34-31(25)33)28-15-21(6)22(7)17-35(28)8/h9-19H,1-8H3/q+1. The van der Waals surface area contributed by atoms with Crippen molar-refractivity contribution in [2.75, 3.05) is 0 Å². The maximum atomic E-state index is 6.70. The fourth-order valence-electron chi connectivity index (χ4n) is 6.87. The van der Waals surface area contributed by atoms with Gasteiger partial charge in [-0.3, -0.25) is 0 Å². The van der Waals surface area contributed by atoms with E-state index < -0.39 is 0 Å². The molecule has 0 aliphatic heterocycles. The van der Waals surface area contributed by atoms with Crippen LogP contribution in [0, 0.1) is 32.6 Å². The molecule has 0 unspecified atom stereocenters. The van der Waals surface area contributed by atoms with Crippen LogP contribution >= 0.6 is 0 Å². The minimum Gasteiger partial charge on any atom is -0.437 e. The number of benzene rings is 2. The van der Waals surface area contributed by atoms with Gasteiger partial charge in [-0.2, -0.15) is 0 Å². The molecule has 0 amide bonds. The highest BCUT2D eigenvalue weighted by atomic mass is 16.3. The highest BCUT2D eigenvalue weighted by Gasteiger charge is 2.49. The van der Waals surface area contributed by atoms with Crippen molar-refractivity contribution in [2.45, 2.75) is 53.9 Å². The van der Waals surface area contributed by atoms with Crippen LogP contribution in [0.1, 0.15) is 55.6 Å². The summed E-state index contributed by atoms with van der Waals surface area (Å²) in [5, 5.41) is 2.22. The maximum Gasteiger partial charge on any atom is 0.227 e. The summed E-state index contributed by atoms with van der Waals surface area (Å²) in [6.07, 6.45) is 2.20. The van der Waals surface area contributed by atoms with Crippen LogP contribution in [0.2, 0.25) is 0 Å². The number of rotatable bonds is 3. The van der Waals surface area contributed by atoms with E-state index in [1.54, 1.807) is 0 Å². The second kappa shape index (κ2) is 7.77. The molecule has 0 saturated carbocycles. The molecule has 2 aromatic carbocycles. The maximum absolute atomic E-state index is 6.70. The second-order valence-corrected chi connectivity index (χ2v) is 11.3. The highest BCUT2D eigenvalue weighted by molar-refractivity contribution is 6.10. The van der Waals surface area contributed by atoms with Crippen LogP contribution in [-0.2, 0) is 12.5 Å². The molecule has 182 valence electrons. The number of fused-ring (bicyclic) bond motifs is 6. The van der Waals surface area contributed by atoms with Gasteiger partial charge in [0.1, 0.15) is 7.05 Å². The van der Waals surface area contributed by atoms with Crippen molar-refractivity contribution in [1.29, 1.82) is 0 Å². The van der Waals surface area contributed by atoms with Gasteiger partial charge in [0, 0.05) is 33.4 Å². The number of nitrogens with zero attached hydrogens (tertiary/aromatic N) is 2. The molecule has 3 aromatic heterocycles. The number of furan rings is 1. The van der Waals surface area contributed by atoms with Crippen molar-refractivity contribution in [3.05, 3.63) is 82.7 Å². The van der Waals surface area contributed by atoms with E-state index in [1.807, 2.05) is 0 Å². The second-order valence-electron chi connectivity index (χ2n) is 11.3. The molecule has 0 atom stereocenters. The summed E-state index contributed by atoms with van der Waals surface area (Å²) < 4.78 is 8.91. The van der Waals surface area contributed by atoms with E-state index in [9.17, 15) is 0 Å². The molecule has 3 heteroatoms. The summed E-state index contributed by atoms with van der Waals surface area (Å²) in [6.45, 7) is 15.8. The molecule has 0 bridgehead atoms. The van der Waals surface area contributed by atoms with E-state index >= 15 is 0 Å². The molecule has 0 N–H and O–H groups in total. The molecule has 0 spiro atoms. The van der Waals surface area contributed by atoms with Crippen molar-refractivity contribution in [2.24, 2.45) is 18.9 Å². The summed E-state index contributed by atoms with van der Waals surface area (Å²) >= 11 is 0. The van der Waals surface area contributed by atoms with Crippen molar-refractivity contribution < 1.29 is 8.98 Å². The summed E-state index contributed by atoms with van der Waals surface area (Å²) in [5.74, 6) is 0.809. The molecular formula is C33H35N2O+. The molecule has 0 fully saturated rings. The molecule has 3 nitrogen and oxygen atoms in total. The molecule has 1 aliphatic rings. The summed E-state index contributed by atoms with van der Waals surface area (Å²) in [7, 11) is 2.12. The average Bonchev–Trinajstić information content (AvgIpc) is 3.33. The Morgan fingerprint density at radius 1 is 0.806 bits per heavy atom. The van der Waals surface area contributed by atoms with Crippen LogP contribution in [0.4, 0.5) is 0 Å². The van der Waals surface area contributed by atoms with Gasteiger partial charge in [0.25, 0.3) is 0 Å². The fraction of sp³-hybridized carbons (Fsp3) is 0.333. The zero-order valence-electron chi connectivity index (χ0n) is 22.7. The van der Waals surface area contributed by atoms with Crippen LogP contribution in [0.5, 0.6) is 0 Å². The van der Waals surface area contributed by atoms with Crippen molar-refractivity contribution in [3.8, 4) is 22.4 Å². The first-order chi connectivity index (χ1) is 17.2. The molecule has 0 saturated heterocycles. The van der Waals surface area contributed by atoms with Gasteiger partial charge in [0.2, 0.25) is 11.4 Å². The van der Waals surface area contributed by atoms with Gasteiger partial charge < -0.3 is 4.42 Å². The Morgan fingerprint density at radius 3 is 2.25 bits per heavy atom. The molecular weight excluding hydrogens is 440 g/mol. The predicted octanol–water partition coefficient (Wildman–Crippen LogP) is 7.98. The average molecular weight is 476 g/mol. The summed E-state index contributed by atoms with van der Waals surface area (Å²) in [5.41, 5.74) is 12.7. The molecule has 36 heavy (non-hydrogen) atoms. The number of hydrogen-bond donors (Lipinski definition) is 0. The largest absolute Gasteiger partial charge is 0.437 e. The van der Waals surface area contributed by atoms with Gasteiger partial charge in [-0.25, -0.2) is 9.55 Å². The van der Waals surface area contributed by atoms with E-state index in [2.05, 4.69) is 115 Å². The van der Waals surface area contributed by atoms with E-state index in [0.29, 0.717) is 11.8 Å². The van der Waals surface area contributed by atoms with Crippen LogP contribution in [-0.4, -0.2) is 4.98 Å². The Kier molecular flexibility index (Phi) is 4.96. The fourth-order valence-corrected chi connectivity index (χ4v) is 6.87. The first kappa shape index (κ1) is 23.0. The third kappa shape index (κ3) is 2.86. The zero-order valence-corrected chi connectivity index (χ0v) is 22.7. The van der Waals surface area contributed by atoms with Crippen molar-refractivity contribution in [3.63, 3.8) is 0 Å². The highest BCUT2D eigenvalue weighted by Crippen LogP contribution is 2.56. The van der Waals surface area contributed by atoms with Gasteiger partial charge in [-0.1, -0.05) is 64.1 Å². The van der Waals surface area contributed by atoms with E-state index in [-0.39, 0.29) is 5.41 Å². The van der Waals surface area contributed by atoms with E-state index in [0.717, 1.165) is 39.0 Å². The minimum atomic E-state index is -0.141. The van der Waals surface area contributed by atoms with Crippen LogP contribution < -0.4 is 4.57 Å². The van der Waals surface area contributed by atoms with Gasteiger partial charge in [0.15, 0.2) is 11.8 Å². The van der Waals surface area contributed by atoms with Gasteiger partial charge in [-0.15, -0.1) is 0 Å². The quantitative estimate of drug-likeness (QED) is 0.248. The number of aryl methyl sites for hydroxylation is 4. The monoisotopic (exact) mass is 475 g/mol. The van der Waals surface area contributed by atoms with Crippen LogP contribution in [0.15, 0.2) is 59.1 Å². The smallest absolute Gasteiger partial charge is 0.227 e. The Labute approximate surface area is 213 Å². The summed E-state index contributed by atoms with van der Waals surface area (Å²) in [6, 6.07) is 17.9. The minimum absolute atomic E-state index is 0.141. The molecule has 0 radical (unpaired) electrons. The number of pyridine rings is 2. The molecule has 5 aromatic rings. The van der Waals surface area contributed by atoms with E-state index in [4.69, 9.17) is 9.40 Å². The van der Waals surface area contributed by atoms with Gasteiger partial charge in [-0.05, 0) is 60.9 Å². The van der Waals surface area contributed by atoms with E-state index in [1.165, 1.54) is 33.4 Å². The van der Waals surface area contributed by atoms with Crippen LogP contribution in [0.25, 0.3) is 44.5 Å². The lowest BCUT2D eigenvalue weighted by atomic mass is 9.64. The predicted molar refractivity (Wildman–Crippen MR) is 148 cm³/mol.